The fraction of sp³-hybridized carbons (Fsp3) is 0.652. The molecule has 0 spiro atoms. The van der Waals surface area contributed by atoms with E-state index in [4.69, 9.17) is 28.4 Å². The van der Waals surface area contributed by atoms with Crippen LogP contribution in [-0.4, -0.2) is 102 Å². The Morgan fingerprint density at radius 3 is 1.41 bits per heavy atom. The highest BCUT2D eigenvalue weighted by Crippen LogP contribution is 2.21. The zero-order chi connectivity index (χ0) is 23.0. The van der Waals surface area contributed by atoms with Gasteiger partial charge in [-0.2, -0.15) is 0 Å². The fourth-order valence-corrected chi connectivity index (χ4v) is 2.92. The minimum Gasteiger partial charge on any atom is -0.377 e. The van der Waals surface area contributed by atoms with Gasteiger partial charge < -0.3 is 28.4 Å². The second kappa shape index (κ2) is 15.8. The third-order valence-electron chi connectivity index (χ3n) is 4.50. The molecule has 0 saturated carbocycles. The first-order valence-corrected chi connectivity index (χ1v) is 11.1. The summed E-state index contributed by atoms with van der Waals surface area (Å²) in [5.41, 5.74) is 0.901. The van der Waals surface area contributed by atoms with E-state index >= 15 is 0 Å². The molecule has 0 N–H and O–H groups in total. The molecule has 180 valence electrons. The second-order valence-electron chi connectivity index (χ2n) is 7.29. The molecule has 0 bridgehead atoms. The van der Waals surface area contributed by atoms with Crippen LogP contribution in [0.15, 0.2) is 24.3 Å². The molecule has 0 aliphatic carbocycles. The number of carbonyl (C=O) groups is 2. The molecule has 0 unspecified atom stereocenters. The van der Waals surface area contributed by atoms with Crippen molar-refractivity contribution in [2.75, 3.05) is 79.2 Å². The average molecular weight is 454 g/mol. The molecule has 9 nitrogen and oxygen atoms in total. The van der Waals surface area contributed by atoms with Gasteiger partial charge in [0.15, 0.2) is 0 Å². The third-order valence-corrected chi connectivity index (χ3v) is 4.50. The Morgan fingerprint density at radius 2 is 1.00 bits per heavy atom. The molecule has 1 aromatic rings. The van der Waals surface area contributed by atoms with E-state index in [9.17, 15) is 9.59 Å². The van der Waals surface area contributed by atoms with Gasteiger partial charge in [0.1, 0.15) is 0 Å². The van der Waals surface area contributed by atoms with Gasteiger partial charge in [0.25, 0.3) is 11.8 Å². The van der Waals surface area contributed by atoms with Gasteiger partial charge >= 0.3 is 0 Å². The Morgan fingerprint density at radius 1 is 0.625 bits per heavy atom. The van der Waals surface area contributed by atoms with Gasteiger partial charge in [-0.05, 0) is 26.0 Å². The smallest absolute Gasteiger partial charge is 0.261 e. The van der Waals surface area contributed by atoms with Crippen molar-refractivity contribution in [3.8, 4) is 0 Å². The van der Waals surface area contributed by atoms with Crippen LogP contribution in [0.3, 0.4) is 0 Å². The number of amides is 2. The van der Waals surface area contributed by atoms with Crippen LogP contribution in [0, 0.1) is 0 Å². The second-order valence-corrected chi connectivity index (χ2v) is 7.29. The van der Waals surface area contributed by atoms with Gasteiger partial charge in [-0.3, -0.25) is 14.5 Å². The van der Waals surface area contributed by atoms with E-state index in [1.165, 1.54) is 4.90 Å². The summed E-state index contributed by atoms with van der Waals surface area (Å²) in [4.78, 5) is 25.7. The first kappa shape index (κ1) is 26.4. The SMILES string of the molecule is CC(C)OCCOCCOCCOCCOCCOCCN1C(=O)c2ccccc2C1=O. The monoisotopic (exact) mass is 453 g/mol. The normalized spacial score (nSPS) is 13.4. The highest BCUT2D eigenvalue weighted by Gasteiger charge is 2.34. The van der Waals surface area contributed by atoms with Crippen molar-refractivity contribution in [1.82, 2.24) is 4.90 Å². The van der Waals surface area contributed by atoms with Crippen LogP contribution in [-0.2, 0) is 28.4 Å². The van der Waals surface area contributed by atoms with E-state index < -0.39 is 0 Å². The van der Waals surface area contributed by atoms with Crippen LogP contribution in [0.2, 0.25) is 0 Å². The maximum absolute atomic E-state index is 12.2. The summed E-state index contributed by atoms with van der Waals surface area (Å²) in [7, 11) is 0. The molecule has 0 radical (unpaired) electrons. The van der Waals surface area contributed by atoms with Gasteiger partial charge in [0.05, 0.1) is 96.5 Å². The summed E-state index contributed by atoms with van der Waals surface area (Å²) in [6.45, 7) is 9.46. The van der Waals surface area contributed by atoms with E-state index in [0.29, 0.717) is 77.2 Å². The number of carbonyl (C=O) groups excluding carboxylic acids is 2. The summed E-state index contributed by atoms with van der Waals surface area (Å²) in [6, 6.07) is 6.83. The lowest BCUT2D eigenvalue weighted by atomic mass is 10.1. The number of benzene rings is 1. The molecule has 1 aromatic carbocycles. The number of ether oxygens (including phenoxy) is 6. The number of hydrogen-bond donors (Lipinski definition) is 0. The molecule has 0 atom stereocenters. The van der Waals surface area contributed by atoms with E-state index in [1.807, 2.05) is 13.8 Å². The number of hydrogen-bond acceptors (Lipinski definition) is 8. The van der Waals surface area contributed by atoms with Crippen LogP contribution in [0.4, 0.5) is 0 Å². The molecule has 9 heteroatoms. The van der Waals surface area contributed by atoms with Gasteiger partial charge in [0, 0.05) is 0 Å². The van der Waals surface area contributed by atoms with Crippen molar-refractivity contribution in [3.05, 3.63) is 35.4 Å². The van der Waals surface area contributed by atoms with Crippen molar-refractivity contribution in [3.63, 3.8) is 0 Å². The minimum absolute atomic E-state index is 0.223. The predicted molar refractivity (Wildman–Crippen MR) is 117 cm³/mol. The number of rotatable bonds is 19. The van der Waals surface area contributed by atoms with Crippen molar-refractivity contribution < 1.29 is 38.0 Å². The molecule has 0 fully saturated rings. The summed E-state index contributed by atoms with van der Waals surface area (Å²) in [5, 5.41) is 0. The summed E-state index contributed by atoms with van der Waals surface area (Å²) < 4.78 is 32.5. The van der Waals surface area contributed by atoms with E-state index in [0.717, 1.165) is 0 Å². The number of imide groups is 1. The van der Waals surface area contributed by atoms with Crippen LogP contribution >= 0.6 is 0 Å². The minimum atomic E-state index is -0.268. The average Bonchev–Trinajstić information content (AvgIpc) is 3.03. The lowest BCUT2D eigenvalue weighted by Crippen LogP contribution is -2.33. The summed E-state index contributed by atoms with van der Waals surface area (Å²) in [5.74, 6) is -0.536. The van der Waals surface area contributed by atoms with E-state index in [-0.39, 0.29) is 31.1 Å². The van der Waals surface area contributed by atoms with Gasteiger partial charge in [-0.15, -0.1) is 0 Å². The Kier molecular flexibility index (Phi) is 13.1. The fourth-order valence-electron chi connectivity index (χ4n) is 2.92. The zero-order valence-corrected chi connectivity index (χ0v) is 19.1. The predicted octanol–water partition coefficient (Wildman–Crippen LogP) is 1.79. The van der Waals surface area contributed by atoms with Crippen molar-refractivity contribution >= 4 is 11.8 Å². The molecule has 0 saturated heterocycles. The number of nitrogens with zero attached hydrogens (tertiary/aromatic N) is 1. The van der Waals surface area contributed by atoms with E-state index in [2.05, 4.69) is 0 Å². The molecule has 1 aliphatic heterocycles. The summed E-state index contributed by atoms with van der Waals surface area (Å²) in [6.07, 6.45) is 0.223. The summed E-state index contributed by atoms with van der Waals surface area (Å²) >= 11 is 0. The Balaban J connectivity index is 1.32. The van der Waals surface area contributed by atoms with Crippen molar-refractivity contribution in [1.29, 1.82) is 0 Å². The molecule has 0 aromatic heterocycles. The van der Waals surface area contributed by atoms with E-state index in [1.54, 1.807) is 24.3 Å². The van der Waals surface area contributed by atoms with Gasteiger partial charge in [-0.1, -0.05) is 12.1 Å². The molecular formula is C23H35NO8. The number of fused-ring (bicyclic) bond motifs is 1. The largest absolute Gasteiger partial charge is 0.377 e. The van der Waals surface area contributed by atoms with Crippen molar-refractivity contribution in [2.24, 2.45) is 0 Å². The van der Waals surface area contributed by atoms with Crippen LogP contribution < -0.4 is 0 Å². The van der Waals surface area contributed by atoms with Crippen molar-refractivity contribution in [2.45, 2.75) is 20.0 Å². The lowest BCUT2D eigenvalue weighted by molar-refractivity contribution is -0.0215. The maximum atomic E-state index is 12.2. The Labute approximate surface area is 189 Å². The standard InChI is InChI=1S/C23H35NO8/c1-19(2)32-18-17-31-16-15-30-14-13-29-12-11-28-10-9-27-8-7-24-22(25)20-5-3-4-6-21(20)23(24)26/h3-6,19H,7-18H2,1-2H3. The molecule has 2 rings (SSSR count). The quantitative estimate of drug-likeness (QED) is 0.231. The van der Waals surface area contributed by atoms with Gasteiger partial charge in [-0.25, -0.2) is 0 Å². The first-order valence-electron chi connectivity index (χ1n) is 11.1. The highest BCUT2D eigenvalue weighted by atomic mass is 16.6. The molecule has 2 amide bonds. The van der Waals surface area contributed by atoms with Crippen LogP contribution in [0.25, 0.3) is 0 Å². The molecular weight excluding hydrogens is 418 g/mol. The van der Waals surface area contributed by atoms with Crippen LogP contribution in [0.1, 0.15) is 34.6 Å². The topological polar surface area (TPSA) is 92.8 Å². The first-order chi connectivity index (χ1) is 15.6. The molecule has 1 aliphatic rings. The maximum Gasteiger partial charge on any atom is 0.261 e. The lowest BCUT2D eigenvalue weighted by Gasteiger charge is -2.13. The molecule has 1 heterocycles. The highest BCUT2D eigenvalue weighted by molar-refractivity contribution is 6.21. The Hall–Kier alpha value is -1.88. The van der Waals surface area contributed by atoms with Crippen LogP contribution in [0.5, 0.6) is 0 Å². The third kappa shape index (κ3) is 9.72. The molecule has 32 heavy (non-hydrogen) atoms. The van der Waals surface area contributed by atoms with Gasteiger partial charge in [0.2, 0.25) is 0 Å². The Bertz CT molecular complexity index is 647. The zero-order valence-electron chi connectivity index (χ0n) is 19.1.